The van der Waals surface area contributed by atoms with Gasteiger partial charge >= 0.3 is 17.1 Å². The Balaban J connectivity index is -0.0000000346. The average Bonchev–Trinajstić information content (AvgIpc) is 2.44. The van der Waals surface area contributed by atoms with Crippen LogP contribution in [0.2, 0.25) is 0 Å². The molecule has 17 heteroatoms. The molecule has 2 aromatic heterocycles. The Bertz CT molecular complexity index is 674. The molecule has 1 radical (unpaired) electrons. The quantitative estimate of drug-likeness (QED) is 0.284. The molecule has 2 rings (SSSR count). The molecule has 0 atom stereocenters. The molecular formula is C14H34MnN2O14+6. The van der Waals surface area contributed by atoms with Crippen LogP contribution in [0, 0.1) is 0 Å². The van der Waals surface area contributed by atoms with E-state index in [-0.39, 0.29) is 84.8 Å². The van der Waals surface area contributed by atoms with E-state index in [0.29, 0.717) is 0 Å². The molecular weight excluding hydrogens is 475 g/mol. The summed E-state index contributed by atoms with van der Waals surface area (Å²) in [5, 5.41) is 20.1. The maximum absolute atomic E-state index is 10.5. The topological polar surface area (TPSA) is 385 Å². The van der Waals surface area contributed by atoms with E-state index in [2.05, 4.69) is 0 Å². The predicted octanol–water partition coefficient (Wildman–Crippen LogP) is -9.99. The molecule has 22 N–H and O–H groups in total. The van der Waals surface area contributed by atoms with Crippen LogP contribution in [-0.2, 0) is 72.6 Å². The maximum Gasteiger partial charge on any atom is 2.00 e. The standard InChI is InChI=1S/2C7H7NO3.Mn.8H2O/c2*9-6-1-3-8(4-2-6)5-7(10)11;;;;;;;;;/h2*1-4H,5H2,(H,10,11);;8*1H2/q;;+2;;;;;;;;/p+4. The molecule has 0 saturated heterocycles. The van der Waals surface area contributed by atoms with Gasteiger partial charge < -0.3 is 72.7 Å². The van der Waals surface area contributed by atoms with Gasteiger partial charge in [0.25, 0.3) is 0 Å². The zero-order valence-corrected chi connectivity index (χ0v) is 17.4. The van der Waals surface area contributed by atoms with Gasteiger partial charge in [0.05, 0.1) is 25.0 Å². The minimum Gasteiger partial charge on any atom is -0.548 e. The molecule has 2 heterocycles. The number of hydrogen-bond donors (Lipinski definition) is 0. The van der Waals surface area contributed by atoms with Crippen LogP contribution in [0.15, 0.2) is 58.6 Å². The van der Waals surface area contributed by atoms with Crippen LogP contribution in [0.3, 0.4) is 0 Å². The maximum atomic E-state index is 10.5. The zero-order valence-electron chi connectivity index (χ0n) is 16.2. The molecule has 0 amide bonds. The first-order valence-corrected chi connectivity index (χ1v) is 6.09. The monoisotopic (exact) mass is 509 g/mol. The third kappa shape index (κ3) is 27.0. The van der Waals surface area contributed by atoms with Gasteiger partial charge in [0.1, 0.15) is 0 Å². The Hall–Kier alpha value is -2.96. The number of aromatic nitrogens is 2. The van der Waals surface area contributed by atoms with E-state index in [4.69, 9.17) is 0 Å². The number of carbonyl (C=O) groups excluding carboxylic acids is 2. The Labute approximate surface area is 184 Å². The summed E-state index contributed by atoms with van der Waals surface area (Å²) in [7, 11) is 0. The van der Waals surface area contributed by atoms with Crippen LogP contribution in [0.4, 0.5) is 0 Å². The van der Waals surface area contributed by atoms with Gasteiger partial charge in [-0.2, -0.15) is 0 Å². The molecule has 0 aliphatic rings. The van der Waals surface area contributed by atoms with Crippen molar-refractivity contribution in [3.63, 3.8) is 0 Å². The summed E-state index contributed by atoms with van der Waals surface area (Å²) >= 11 is 0. The predicted molar refractivity (Wildman–Crippen MR) is 108 cm³/mol. The minimum absolute atomic E-state index is 0. The number of carboxylic acid groups (broad SMARTS) is 2. The van der Waals surface area contributed by atoms with E-state index in [9.17, 15) is 29.4 Å². The Morgan fingerprint density at radius 2 is 0.806 bits per heavy atom. The SMILES string of the molecule is O.O.O=C([O-])Cn1ccc(=O)cc1.O=C([O-])Cn1ccc(=O)cc1.[Mn+2].[OH3+].[OH3+].[OH3+].[OH3+].[OH3+].[OH3+]. The second-order valence-corrected chi connectivity index (χ2v) is 4.16. The van der Waals surface area contributed by atoms with Crippen molar-refractivity contribution in [2.24, 2.45) is 0 Å². The number of hydrogen-bond acceptors (Lipinski definition) is 6. The second-order valence-electron chi connectivity index (χ2n) is 4.16. The Morgan fingerprint density at radius 1 is 0.613 bits per heavy atom. The average molecular weight is 509 g/mol. The van der Waals surface area contributed by atoms with Crippen LogP contribution < -0.4 is 21.1 Å². The summed E-state index contributed by atoms with van der Waals surface area (Å²) in [4.78, 5) is 41.1. The first kappa shape index (κ1) is 56.6. The smallest absolute Gasteiger partial charge is 0.548 e. The van der Waals surface area contributed by atoms with E-state index >= 15 is 0 Å². The van der Waals surface area contributed by atoms with Crippen LogP contribution in [0.1, 0.15) is 0 Å². The van der Waals surface area contributed by atoms with Crippen molar-refractivity contribution < 1.29 is 80.7 Å². The van der Waals surface area contributed by atoms with E-state index in [1.54, 1.807) is 0 Å². The molecule has 0 unspecified atom stereocenters. The van der Waals surface area contributed by atoms with Gasteiger partial charge in [0.2, 0.25) is 0 Å². The van der Waals surface area contributed by atoms with Gasteiger partial charge in [-0.3, -0.25) is 9.59 Å². The molecule has 0 bridgehead atoms. The van der Waals surface area contributed by atoms with Gasteiger partial charge in [-0.1, -0.05) is 0 Å². The van der Waals surface area contributed by atoms with Crippen molar-refractivity contribution in [3.8, 4) is 0 Å². The van der Waals surface area contributed by atoms with Crippen molar-refractivity contribution in [2.75, 3.05) is 0 Å². The molecule has 0 saturated carbocycles. The van der Waals surface area contributed by atoms with Crippen molar-refractivity contribution in [2.45, 2.75) is 13.1 Å². The molecule has 16 nitrogen and oxygen atoms in total. The molecule has 0 fully saturated rings. The van der Waals surface area contributed by atoms with Crippen molar-refractivity contribution >= 4 is 11.9 Å². The van der Waals surface area contributed by atoms with Gasteiger partial charge in [0, 0.05) is 49.1 Å². The molecule has 31 heavy (non-hydrogen) atoms. The summed E-state index contributed by atoms with van der Waals surface area (Å²) in [6.07, 6.45) is 5.60. The van der Waals surface area contributed by atoms with Gasteiger partial charge in [-0.25, -0.2) is 0 Å². The van der Waals surface area contributed by atoms with E-state index in [1.165, 1.54) is 58.2 Å². The number of carbonyl (C=O) groups is 2. The molecule has 0 aliphatic heterocycles. The third-order valence-electron chi connectivity index (χ3n) is 2.34. The van der Waals surface area contributed by atoms with Crippen LogP contribution in [0.25, 0.3) is 0 Å². The number of aliphatic carboxylic acids is 2. The summed E-state index contributed by atoms with van der Waals surface area (Å²) < 4.78 is 2.72. The van der Waals surface area contributed by atoms with E-state index in [0.717, 1.165) is 0 Å². The number of carboxylic acids is 2. The van der Waals surface area contributed by atoms with Gasteiger partial charge in [-0.15, -0.1) is 0 Å². The summed E-state index contributed by atoms with van der Waals surface area (Å²) in [5.41, 5.74) is -0.279. The fourth-order valence-corrected chi connectivity index (χ4v) is 1.40. The van der Waals surface area contributed by atoms with Crippen molar-refractivity contribution in [1.29, 1.82) is 0 Å². The van der Waals surface area contributed by atoms with Gasteiger partial charge in [0.15, 0.2) is 10.9 Å². The van der Waals surface area contributed by atoms with Crippen molar-refractivity contribution in [1.82, 2.24) is 9.13 Å². The summed E-state index contributed by atoms with van der Waals surface area (Å²) in [6, 6.07) is 5.18. The number of pyridine rings is 2. The Kier molecular flexibility index (Phi) is 53.3. The van der Waals surface area contributed by atoms with E-state index < -0.39 is 11.9 Å². The van der Waals surface area contributed by atoms with Crippen LogP contribution >= 0.6 is 0 Å². The Morgan fingerprint density at radius 3 is 0.968 bits per heavy atom. The van der Waals surface area contributed by atoms with Crippen molar-refractivity contribution in [3.05, 3.63) is 69.5 Å². The second kappa shape index (κ2) is 29.2. The molecule has 185 valence electrons. The first-order chi connectivity index (χ1) is 10.4. The fourth-order valence-electron chi connectivity index (χ4n) is 1.40. The first-order valence-electron chi connectivity index (χ1n) is 6.09. The largest absolute Gasteiger partial charge is 2.00 e. The normalized spacial score (nSPS) is 6.71. The molecule has 0 aromatic carbocycles. The fraction of sp³-hybridized carbons (Fsp3) is 0.143. The molecule has 0 aliphatic carbocycles. The summed E-state index contributed by atoms with van der Waals surface area (Å²) in [6.45, 7) is -0.444. The molecule has 2 aromatic rings. The zero-order chi connectivity index (χ0) is 16.5. The van der Waals surface area contributed by atoms with Gasteiger partial charge in [-0.05, 0) is 0 Å². The van der Waals surface area contributed by atoms with Crippen LogP contribution in [-0.4, -0.2) is 32.0 Å². The number of rotatable bonds is 4. The summed E-state index contributed by atoms with van der Waals surface area (Å²) in [5.74, 6) is -2.35. The number of nitrogens with zero attached hydrogens (tertiary/aromatic N) is 2. The molecule has 0 spiro atoms. The van der Waals surface area contributed by atoms with E-state index in [1.807, 2.05) is 0 Å². The van der Waals surface area contributed by atoms with Crippen LogP contribution in [0.5, 0.6) is 0 Å². The third-order valence-corrected chi connectivity index (χ3v) is 2.34. The minimum atomic E-state index is -1.17.